The highest BCUT2D eigenvalue weighted by Crippen LogP contribution is 2.30. The van der Waals surface area contributed by atoms with E-state index >= 15 is 0 Å². The van der Waals surface area contributed by atoms with Gasteiger partial charge in [-0.05, 0) is 12.8 Å². The Labute approximate surface area is 381 Å². The quantitative estimate of drug-likeness (QED) is 0.0296. The smallest absolute Gasteiger partial charge is 0.220 e. The van der Waals surface area contributed by atoms with Crippen LogP contribution in [0.15, 0.2) is 0 Å². The average Bonchev–Trinajstić information content (AvgIpc) is 3.28. The van der Waals surface area contributed by atoms with Crippen LogP contribution in [-0.2, 0) is 23.7 Å². The first kappa shape index (κ1) is 58.1. The normalized spacial score (nSPS) is 27.4. The molecule has 2 heterocycles. The Morgan fingerprint density at radius 2 is 0.905 bits per heavy atom. The van der Waals surface area contributed by atoms with Gasteiger partial charge in [0, 0.05) is 6.42 Å². The topological polar surface area (TPSA) is 228 Å². The predicted molar refractivity (Wildman–Crippen MR) is 245 cm³/mol. The molecule has 0 aliphatic carbocycles. The summed E-state index contributed by atoms with van der Waals surface area (Å²) in [7, 11) is 0. The van der Waals surface area contributed by atoms with E-state index in [0.717, 1.165) is 51.4 Å². The van der Waals surface area contributed by atoms with Crippen LogP contribution in [0, 0.1) is 0 Å². The number of nitrogens with one attached hydrogen (secondary N) is 1. The van der Waals surface area contributed by atoms with Crippen molar-refractivity contribution in [3.05, 3.63) is 0 Å². The lowest BCUT2D eigenvalue weighted by molar-refractivity contribution is -0.359. The molecule has 2 fully saturated rings. The third-order valence-corrected chi connectivity index (χ3v) is 13.1. The van der Waals surface area contributed by atoms with Gasteiger partial charge in [0.1, 0.15) is 48.8 Å². The van der Waals surface area contributed by atoms with Crippen molar-refractivity contribution in [2.45, 2.75) is 286 Å². The van der Waals surface area contributed by atoms with Gasteiger partial charge in [-0.3, -0.25) is 4.79 Å². The molecule has 374 valence electrons. The monoisotopic (exact) mass is 906 g/mol. The molecule has 14 nitrogen and oxygen atoms in total. The number of hydrogen-bond acceptors (Lipinski definition) is 13. The number of carbonyl (C=O) groups excluding carboxylic acids is 1. The fourth-order valence-electron chi connectivity index (χ4n) is 8.83. The zero-order valence-electron chi connectivity index (χ0n) is 39.6. The molecule has 4 unspecified atom stereocenters. The summed E-state index contributed by atoms with van der Waals surface area (Å²) in [5.41, 5.74) is 0. The number of aliphatic hydroxyl groups excluding tert-OH is 8. The molecule has 12 atom stereocenters. The van der Waals surface area contributed by atoms with Crippen LogP contribution in [0.5, 0.6) is 0 Å². The van der Waals surface area contributed by atoms with E-state index < -0.39 is 86.8 Å². The minimum absolute atomic E-state index is 0.205. The van der Waals surface area contributed by atoms with Crippen molar-refractivity contribution in [2.75, 3.05) is 19.8 Å². The molecule has 0 radical (unpaired) electrons. The van der Waals surface area contributed by atoms with Crippen LogP contribution < -0.4 is 5.32 Å². The number of rotatable bonds is 40. The molecule has 9 N–H and O–H groups in total. The SMILES string of the molecule is CCCCCCCCCCCCCCCCCCC[C@@H](O)[C@H](CO[C@@H]1O[C@H](CO)[C@@H](O[C@@H]2O[C@H](CO)[C@H](O)C(O)C2O)C(O)C1O)NC(=O)CCCCCCCCCCCCCC. The molecule has 0 bridgehead atoms. The van der Waals surface area contributed by atoms with Crippen molar-refractivity contribution in [1.82, 2.24) is 5.32 Å². The van der Waals surface area contributed by atoms with Crippen LogP contribution in [0.2, 0.25) is 0 Å². The molecule has 14 heteroatoms. The third kappa shape index (κ3) is 24.5. The van der Waals surface area contributed by atoms with Crippen LogP contribution in [0.4, 0.5) is 0 Å². The second-order valence-corrected chi connectivity index (χ2v) is 18.7. The van der Waals surface area contributed by atoms with Gasteiger partial charge in [-0.1, -0.05) is 194 Å². The minimum Gasteiger partial charge on any atom is -0.394 e. The standard InChI is InChI=1S/C49H95NO13/c1-3-5-7-9-11-13-15-17-18-19-20-21-22-24-26-28-30-32-38(53)37(50-41(54)33-31-29-27-25-23-16-14-12-10-8-6-4-2)36-60-48-46(59)44(57)47(40(35-52)62-48)63-49-45(58)43(56)42(55)39(34-51)61-49/h37-40,42-49,51-53,55-59H,3-36H2,1-2H3,(H,50,54)/t37-,38+,39+,40+,42-,43?,44?,45?,46?,47+,48+,49-/m0/s1. The summed E-state index contributed by atoms with van der Waals surface area (Å²) in [5, 5.41) is 86.9. The van der Waals surface area contributed by atoms with Gasteiger partial charge < -0.3 is 65.1 Å². The average molecular weight is 906 g/mol. The van der Waals surface area contributed by atoms with Crippen molar-refractivity contribution in [3.63, 3.8) is 0 Å². The fourth-order valence-corrected chi connectivity index (χ4v) is 8.83. The lowest BCUT2D eigenvalue weighted by atomic mass is 9.97. The number of hydrogen-bond donors (Lipinski definition) is 9. The summed E-state index contributed by atoms with van der Waals surface area (Å²) >= 11 is 0. The van der Waals surface area contributed by atoms with E-state index in [2.05, 4.69) is 19.2 Å². The van der Waals surface area contributed by atoms with Gasteiger partial charge in [-0.2, -0.15) is 0 Å². The molecule has 2 aliphatic heterocycles. The Morgan fingerprint density at radius 1 is 0.508 bits per heavy atom. The molecule has 0 aromatic heterocycles. The van der Waals surface area contributed by atoms with Crippen LogP contribution >= 0.6 is 0 Å². The molecule has 2 saturated heterocycles. The highest BCUT2D eigenvalue weighted by Gasteiger charge is 2.51. The van der Waals surface area contributed by atoms with E-state index in [9.17, 15) is 45.6 Å². The number of aliphatic hydroxyl groups is 8. The first-order valence-electron chi connectivity index (χ1n) is 25.8. The molecule has 0 aromatic carbocycles. The maximum atomic E-state index is 13.2. The van der Waals surface area contributed by atoms with Crippen molar-refractivity contribution in [1.29, 1.82) is 0 Å². The van der Waals surface area contributed by atoms with Gasteiger partial charge in [0.05, 0.1) is 32.0 Å². The maximum absolute atomic E-state index is 13.2. The summed E-state index contributed by atoms with van der Waals surface area (Å²) in [4.78, 5) is 13.2. The van der Waals surface area contributed by atoms with E-state index in [4.69, 9.17) is 18.9 Å². The summed E-state index contributed by atoms with van der Waals surface area (Å²) < 4.78 is 22.7. The Kier molecular flexibility index (Phi) is 34.2. The number of carbonyl (C=O) groups is 1. The van der Waals surface area contributed by atoms with Gasteiger partial charge in [0.15, 0.2) is 12.6 Å². The zero-order chi connectivity index (χ0) is 46.1. The molecule has 2 aliphatic rings. The first-order chi connectivity index (χ1) is 30.6. The van der Waals surface area contributed by atoms with E-state index in [0.29, 0.717) is 12.8 Å². The fraction of sp³-hybridized carbons (Fsp3) is 0.980. The number of ether oxygens (including phenoxy) is 4. The van der Waals surface area contributed by atoms with Crippen molar-refractivity contribution >= 4 is 5.91 Å². The molecule has 0 saturated carbocycles. The largest absolute Gasteiger partial charge is 0.394 e. The summed E-state index contributed by atoms with van der Waals surface area (Å²) in [6.07, 6.45) is 19.6. The third-order valence-electron chi connectivity index (χ3n) is 13.1. The van der Waals surface area contributed by atoms with Crippen molar-refractivity contribution < 1.29 is 64.6 Å². The lowest BCUT2D eigenvalue weighted by Gasteiger charge is -2.46. The van der Waals surface area contributed by atoms with Gasteiger partial charge in [0.25, 0.3) is 0 Å². The van der Waals surface area contributed by atoms with Crippen molar-refractivity contribution in [2.24, 2.45) is 0 Å². The maximum Gasteiger partial charge on any atom is 0.220 e. The number of unbranched alkanes of at least 4 members (excludes halogenated alkanes) is 27. The van der Waals surface area contributed by atoms with Crippen LogP contribution in [-0.4, -0.2) is 140 Å². The van der Waals surface area contributed by atoms with Crippen LogP contribution in [0.1, 0.15) is 213 Å². The molecule has 1 amide bonds. The molecular weight excluding hydrogens is 811 g/mol. The van der Waals surface area contributed by atoms with Crippen LogP contribution in [0.3, 0.4) is 0 Å². The Hall–Kier alpha value is -1.01. The summed E-state index contributed by atoms with van der Waals surface area (Å²) in [6.45, 7) is 2.86. The molecule has 2 rings (SSSR count). The second kappa shape index (κ2) is 37.0. The Bertz CT molecular complexity index is 1070. The zero-order valence-corrected chi connectivity index (χ0v) is 39.6. The predicted octanol–water partition coefficient (Wildman–Crippen LogP) is 6.61. The van der Waals surface area contributed by atoms with Crippen LogP contribution in [0.25, 0.3) is 0 Å². The lowest BCUT2D eigenvalue weighted by Crippen LogP contribution is -2.65. The molecule has 63 heavy (non-hydrogen) atoms. The Balaban J connectivity index is 1.82. The summed E-state index contributed by atoms with van der Waals surface area (Å²) in [6, 6.07) is -0.820. The van der Waals surface area contributed by atoms with Gasteiger partial charge in [-0.25, -0.2) is 0 Å². The van der Waals surface area contributed by atoms with E-state index in [1.54, 1.807) is 0 Å². The van der Waals surface area contributed by atoms with E-state index in [1.165, 1.54) is 135 Å². The molecular formula is C49H95NO13. The van der Waals surface area contributed by atoms with Crippen molar-refractivity contribution in [3.8, 4) is 0 Å². The van der Waals surface area contributed by atoms with E-state index in [-0.39, 0.29) is 12.5 Å². The highest BCUT2D eigenvalue weighted by molar-refractivity contribution is 5.76. The highest BCUT2D eigenvalue weighted by atomic mass is 16.7. The molecule has 0 aromatic rings. The summed E-state index contributed by atoms with van der Waals surface area (Å²) in [5.74, 6) is -0.205. The second-order valence-electron chi connectivity index (χ2n) is 18.7. The van der Waals surface area contributed by atoms with E-state index in [1.807, 2.05) is 0 Å². The van der Waals surface area contributed by atoms with Gasteiger partial charge >= 0.3 is 0 Å². The Morgan fingerprint density at radius 3 is 1.35 bits per heavy atom. The first-order valence-corrected chi connectivity index (χ1v) is 25.8. The van der Waals surface area contributed by atoms with Gasteiger partial charge in [0.2, 0.25) is 5.91 Å². The molecule has 0 spiro atoms. The number of amides is 1. The van der Waals surface area contributed by atoms with Gasteiger partial charge in [-0.15, -0.1) is 0 Å². The minimum atomic E-state index is -1.78.